The highest BCUT2D eigenvalue weighted by Gasteiger charge is 2.31. The van der Waals surface area contributed by atoms with Crippen LogP contribution in [0.25, 0.3) is 0 Å². The van der Waals surface area contributed by atoms with E-state index in [1.54, 1.807) is 24.3 Å². The predicted octanol–water partition coefficient (Wildman–Crippen LogP) is 1.99. The van der Waals surface area contributed by atoms with Crippen LogP contribution in [0.3, 0.4) is 0 Å². The molecule has 6 heteroatoms. The van der Waals surface area contributed by atoms with Crippen LogP contribution in [0, 0.1) is 0 Å². The van der Waals surface area contributed by atoms with Crippen molar-refractivity contribution >= 4 is 23.6 Å². The lowest BCUT2D eigenvalue weighted by atomic mass is 10.0. The summed E-state index contributed by atoms with van der Waals surface area (Å²) < 4.78 is 0. The van der Waals surface area contributed by atoms with Crippen LogP contribution >= 0.6 is 0 Å². The zero-order chi connectivity index (χ0) is 17.1. The number of hydrogen-bond donors (Lipinski definition) is 0. The van der Waals surface area contributed by atoms with E-state index in [1.807, 2.05) is 0 Å². The highest BCUT2D eigenvalue weighted by atomic mass is 16.2. The Labute approximate surface area is 140 Å². The van der Waals surface area contributed by atoms with E-state index in [-0.39, 0.29) is 22.9 Å². The van der Waals surface area contributed by atoms with Gasteiger partial charge in [0.15, 0.2) is 0 Å². The highest BCUT2D eigenvalue weighted by molar-refractivity contribution is 6.14. The normalized spacial score (nSPS) is 18.7. The summed E-state index contributed by atoms with van der Waals surface area (Å²) in [6, 6.07) is 6.42. The second kappa shape index (κ2) is 6.95. The Morgan fingerprint density at radius 1 is 0.708 bits per heavy atom. The van der Waals surface area contributed by atoms with E-state index in [1.165, 1.54) is 9.80 Å². The zero-order valence-corrected chi connectivity index (χ0v) is 13.5. The first-order valence-electron chi connectivity index (χ1n) is 8.38. The summed E-state index contributed by atoms with van der Waals surface area (Å²) in [5.74, 6) is -1.31. The molecule has 4 amide bonds. The molecule has 0 atom stereocenters. The fourth-order valence-corrected chi connectivity index (χ4v) is 3.19. The molecule has 1 aromatic carbocycles. The molecule has 2 heterocycles. The Morgan fingerprint density at radius 2 is 1.12 bits per heavy atom. The minimum absolute atomic E-state index is 0.191. The molecule has 2 fully saturated rings. The summed E-state index contributed by atoms with van der Waals surface area (Å²) >= 11 is 0. The molecule has 0 N–H and O–H groups in total. The van der Waals surface area contributed by atoms with Crippen LogP contribution in [-0.2, 0) is 9.59 Å². The molecule has 2 saturated heterocycles. The van der Waals surface area contributed by atoms with Gasteiger partial charge < -0.3 is 0 Å². The molecule has 1 aromatic rings. The van der Waals surface area contributed by atoms with Gasteiger partial charge in [0.1, 0.15) is 0 Å². The van der Waals surface area contributed by atoms with Crippen molar-refractivity contribution in [3.63, 3.8) is 0 Å². The van der Waals surface area contributed by atoms with Gasteiger partial charge in [-0.3, -0.25) is 29.0 Å². The van der Waals surface area contributed by atoms with Gasteiger partial charge in [0.2, 0.25) is 11.8 Å². The summed E-state index contributed by atoms with van der Waals surface area (Å²) in [5.41, 5.74) is 0.382. The quantitative estimate of drug-likeness (QED) is 0.778. The van der Waals surface area contributed by atoms with Crippen molar-refractivity contribution in [2.45, 2.75) is 38.5 Å². The second-order valence-corrected chi connectivity index (χ2v) is 6.16. The van der Waals surface area contributed by atoms with Gasteiger partial charge in [0.25, 0.3) is 11.8 Å². The van der Waals surface area contributed by atoms with Crippen LogP contribution < -0.4 is 0 Å². The molecule has 0 bridgehead atoms. The van der Waals surface area contributed by atoms with E-state index < -0.39 is 11.8 Å². The van der Waals surface area contributed by atoms with Crippen LogP contribution in [0.4, 0.5) is 0 Å². The number of nitrogens with zero attached hydrogens (tertiary/aromatic N) is 2. The predicted molar refractivity (Wildman–Crippen MR) is 86.2 cm³/mol. The fraction of sp³-hybridized carbons (Fsp3) is 0.444. The van der Waals surface area contributed by atoms with Gasteiger partial charge in [0, 0.05) is 25.9 Å². The van der Waals surface area contributed by atoms with E-state index in [4.69, 9.17) is 0 Å². The summed E-state index contributed by atoms with van der Waals surface area (Å²) in [5, 5.41) is 0. The van der Waals surface area contributed by atoms with Crippen LogP contribution in [0.15, 0.2) is 24.3 Å². The van der Waals surface area contributed by atoms with E-state index in [2.05, 4.69) is 0 Å². The number of rotatable bonds is 2. The van der Waals surface area contributed by atoms with Crippen molar-refractivity contribution < 1.29 is 19.2 Å². The summed E-state index contributed by atoms with van der Waals surface area (Å²) in [6.07, 6.45) is 3.83. The molecule has 0 aliphatic carbocycles. The number of hydrogen-bond acceptors (Lipinski definition) is 4. The Kier molecular flexibility index (Phi) is 4.74. The molecule has 126 valence electrons. The topological polar surface area (TPSA) is 74.8 Å². The number of imide groups is 2. The Bertz CT molecular complexity index is 639. The van der Waals surface area contributed by atoms with Gasteiger partial charge >= 0.3 is 0 Å². The molecule has 6 nitrogen and oxygen atoms in total. The third-order valence-corrected chi connectivity index (χ3v) is 4.53. The number of piperidine rings is 2. The van der Waals surface area contributed by atoms with Crippen molar-refractivity contribution in [3.05, 3.63) is 35.4 Å². The molecule has 0 spiro atoms. The largest absolute Gasteiger partial charge is 0.278 e. The van der Waals surface area contributed by atoms with E-state index in [0.717, 1.165) is 25.7 Å². The maximum Gasteiger partial charge on any atom is 0.261 e. The fourth-order valence-electron chi connectivity index (χ4n) is 3.19. The molecule has 0 aromatic heterocycles. The first kappa shape index (κ1) is 16.4. The van der Waals surface area contributed by atoms with Crippen LogP contribution in [0.5, 0.6) is 0 Å². The van der Waals surface area contributed by atoms with Crippen LogP contribution in [0.1, 0.15) is 59.2 Å². The van der Waals surface area contributed by atoms with Crippen LogP contribution in [0.2, 0.25) is 0 Å². The van der Waals surface area contributed by atoms with Crippen molar-refractivity contribution in [2.75, 3.05) is 13.1 Å². The number of carbonyl (C=O) groups is 4. The first-order chi connectivity index (χ1) is 11.6. The number of amides is 4. The smallest absolute Gasteiger partial charge is 0.261 e. The second-order valence-electron chi connectivity index (χ2n) is 6.16. The van der Waals surface area contributed by atoms with Gasteiger partial charge in [-0.05, 0) is 37.8 Å². The molecule has 2 aliphatic heterocycles. The molecule has 3 rings (SSSR count). The molecule has 0 unspecified atom stereocenters. The monoisotopic (exact) mass is 328 g/mol. The van der Waals surface area contributed by atoms with E-state index in [0.29, 0.717) is 25.9 Å². The molecule has 2 aliphatic rings. The van der Waals surface area contributed by atoms with Gasteiger partial charge in [0.05, 0.1) is 11.1 Å². The lowest BCUT2D eigenvalue weighted by Crippen LogP contribution is -2.43. The third-order valence-electron chi connectivity index (χ3n) is 4.53. The van der Waals surface area contributed by atoms with E-state index >= 15 is 0 Å². The molecular formula is C18H20N2O4. The average molecular weight is 328 g/mol. The highest BCUT2D eigenvalue weighted by Crippen LogP contribution is 2.20. The Hall–Kier alpha value is -2.50. The summed E-state index contributed by atoms with van der Waals surface area (Å²) in [6.45, 7) is 0.756. The van der Waals surface area contributed by atoms with Gasteiger partial charge in [-0.25, -0.2) is 0 Å². The molecular weight excluding hydrogens is 308 g/mol. The standard InChI is InChI=1S/C18H20N2O4/c21-15-9-3-5-11-19(15)17(23)13-7-1-2-8-14(13)18(24)20-12-6-4-10-16(20)22/h1-2,7-8H,3-6,9-12H2. The van der Waals surface area contributed by atoms with Crippen molar-refractivity contribution in [3.8, 4) is 0 Å². The molecule has 0 saturated carbocycles. The number of carbonyl (C=O) groups excluding carboxylic acids is 4. The first-order valence-corrected chi connectivity index (χ1v) is 8.38. The Morgan fingerprint density at radius 3 is 1.50 bits per heavy atom. The average Bonchev–Trinajstić information content (AvgIpc) is 2.61. The number of likely N-dealkylation sites (tertiary alicyclic amines) is 2. The minimum atomic E-state index is -0.451. The number of benzene rings is 1. The maximum atomic E-state index is 12.7. The minimum Gasteiger partial charge on any atom is -0.278 e. The van der Waals surface area contributed by atoms with Gasteiger partial charge in [-0.1, -0.05) is 12.1 Å². The van der Waals surface area contributed by atoms with Crippen LogP contribution in [-0.4, -0.2) is 46.5 Å². The van der Waals surface area contributed by atoms with Gasteiger partial charge in [-0.15, -0.1) is 0 Å². The summed E-state index contributed by atoms with van der Waals surface area (Å²) in [7, 11) is 0. The third kappa shape index (κ3) is 3.09. The SMILES string of the molecule is O=C1CCCCN1C(=O)c1ccccc1C(=O)N1CCCCC1=O. The zero-order valence-electron chi connectivity index (χ0n) is 13.5. The Balaban J connectivity index is 1.90. The molecule has 0 radical (unpaired) electrons. The van der Waals surface area contributed by atoms with Crippen molar-refractivity contribution in [2.24, 2.45) is 0 Å². The maximum absolute atomic E-state index is 12.7. The molecule has 24 heavy (non-hydrogen) atoms. The van der Waals surface area contributed by atoms with Crippen molar-refractivity contribution in [1.82, 2.24) is 9.80 Å². The lowest BCUT2D eigenvalue weighted by Gasteiger charge is -2.28. The van der Waals surface area contributed by atoms with E-state index in [9.17, 15) is 19.2 Å². The summed E-state index contributed by atoms with van der Waals surface area (Å²) in [4.78, 5) is 51.9. The van der Waals surface area contributed by atoms with Gasteiger partial charge in [-0.2, -0.15) is 0 Å². The van der Waals surface area contributed by atoms with Crippen molar-refractivity contribution in [1.29, 1.82) is 0 Å². The lowest BCUT2D eigenvalue weighted by molar-refractivity contribution is -0.131.